The van der Waals surface area contributed by atoms with Gasteiger partial charge in [-0.2, -0.15) is 0 Å². The van der Waals surface area contributed by atoms with E-state index in [4.69, 9.17) is 0 Å². The number of nitrogens with one attached hydrogen (secondary N) is 4. The van der Waals surface area contributed by atoms with Gasteiger partial charge in [-0.1, -0.05) is 37.1 Å². The van der Waals surface area contributed by atoms with Crippen LogP contribution in [0.3, 0.4) is 0 Å². The van der Waals surface area contributed by atoms with Crippen molar-refractivity contribution in [3.8, 4) is 0 Å². The summed E-state index contributed by atoms with van der Waals surface area (Å²) in [5.74, 6) is 2.47. The number of benzene rings is 2. The van der Waals surface area contributed by atoms with Crippen LogP contribution in [0.25, 0.3) is 22.1 Å². The topological polar surface area (TPSA) is 59.9 Å². The maximum absolute atomic E-state index is 3.46. The molecule has 0 radical (unpaired) electrons. The van der Waals surface area contributed by atoms with E-state index in [0.717, 1.165) is 12.8 Å². The monoisotopic (exact) mass is 390 g/mol. The lowest BCUT2D eigenvalue weighted by molar-refractivity contribution is -0.358. The van der Waals surface area contributed by atoms with Crippen molar-refractivity contribution in [3.05, 3.63) is 60.2 Å². The van der Waals surface area contributed by atoms with Crippen LogP contribution in [0.1, 0.15) is 37.3 Å². The summed E-state index contributed by atoms with van der Waals surface area (Å²) in [6.45, 7) is 0. The lowest BCUT2D eigenvalue weighted by Crippen LogP contribution is -3.00. The van der Waals surface area contributed by atoms with Crippen molar-refractivity contribution in [2.24, 2.45) is 0 Å². The van der Waals surface area contributed by atoms with Crippen LogP contribution in [-0.4, -0.2) is 9.97 Å². The second-order valence-electron chi connectivity index (χ2n) is 6.46. The van der Waals surface area contributed by atoms with E-state index in [9.17, 15) is 0 Å². The smallest absolute Gasteiger partial charge is 0.252 e. The number of halogens is 2. The van der Waals surface area contributed by atoms with E-state index in [1.807, 2.05) is 0 Å². The summed E-state index contributed by atoms with van der Waals surface area (Å²) < 4.78 is 0. The van der Waals surface area contributed by atoms with Gasteiger partial charge in [0.15, 0.2) is 22.1 Å². The Morgan fingerprint density at radius 2 is 1.00 bits per heavy atom. The van der Waals surface area contributed by atoms with Gasteiger partial charge in [-0.05, 0) is 37.1 Å². The van der Waals surface area contributed by atoms with Crippen molar-refractivity contribution in [1.29, 1.82) is 0 Å². The highest BCUT2D eigenvalue weighted by Crippen LogP contribution is 2.11. The van der Waals surface area contributed by atoms with Crippen LogP contribution in [0.2, 0.25) is 0 Å². The summed E-state index contributed by atoms with van der Waals surface area (Å²) in [7, 11) is 0. The average molecular weight is 391 g/mol. The molecule has 0 aliphatic rings. The van der Waals surface area contributed by atoms with Gasteiger partial charge >= 0.3 is 0 Å². The molecule has 0 aliphatic carbocycles. The number of H-pyrrole nitrogens is 4. The highest BCUT2D eigenvalue weighted by Gasteiger charge is 2.10. The van der Waals surface area contributed by atoms with Crippen molar-refractivity contribution >= 4 is 22.1 Å². The molecule has 2 aromatic carbocycles. The molecule has 4 aromatic rings. The molecular weight excluding hydrogens is 367 g/mol. The van der Waals surface area contributed by atoms with Gasteiger partial charge in [0.2, 0.25) is 0 Å². The molecule has 4 nitrogen and oxygen atoms in total. The fraction of sp³-hybridized carbons (Fsp3) is 0.300. The number of aromatic amines is 4. The van der Waals surface area contributed by atoms with Gasteiger partial charge in [0.05, 0.1) is 0 Å². The SMILES string of the molecule is [Cl-].[Cl-].c1ccc2[nH+]c(CCCCCCc3[nH]c4ccccc4[nH+]3)[nH]c2c1. The second-order valence-corrected chi connectivity index (χ2v) is 6.46. The number of hydrogen-bond donors (Lipinski definition) is 2. The Balaban J connectivity index is 0.00000121. The predicted molar refractivity (Wildman–Crippen MR) is 95.6 cm³/mol. The van der Waals surface area contributed by atoms with Crippen LogP contribution in [0.15, 0.2) is 48.5 Å². The van der Waals surface area contributed by atoms with E-state index < -0.39 is 0 Å². The molecule has 4 rings (SSSR count). The number of aromatic nitrogens is 4. The number of rotatable bonds is 7. The molecule has 0 amide bonds. The lowest BCUT2D eigenvalue weighted by Gasteiger charge is -1.96. The van der Waals surface area contributed by atoms with Crippen molar-refractivity contribution in [1.82, 2.24) is 9.97 Å². The summed E-state index contributed by atoms with van der Waals surface area (Å²) in [6, 6.07) is 16.7. The molecule has 2 heterocycles. The molecule has 138 valence electrons. The summed E-state index contributed by atoms with van der Waals surface area (Å²) in [5, 5.41) is 0. The predicted octanol–water partition coefficient (Wildman–Crippen LogP) is -2.37. The molecule has 0 unspecified atom stereocenters. The molecule has 0 spiro atoms. The van der Waals surface area contributed by atoms with E-state index in [1.165, 1.54) is 59.4 Å². The van der Waals surface area contributed by atoms with Gasteiger partial charge in [-0.25, -0.2) is 19.9 Å². The summed E-state index contributed by atoms with van der Waals surface area (Å²) in [6.07, 6.45) is 7.16. The largest absolute Gasteiger partial charge is 1.00 e. The van der Waals surface area contributed by atoms with E-state index >= 15 is 0 Å². The number of aryl methyl sites for hydroxylation is 2. The van der Waals surface area contributed by atoms with Gasteiger partial charge < -0.3 is 24.8 Å². The Labute approximate surface area is 165 Å². The zero-order valence-electron chi connectivity index (χ0n) is 14.6. The molecule has 0 saturated carbocycles. The van der Waals surface area contributed by atoms with Gasteiger partial charge in [-0.3, -0.25) is 0 Å². The summed E-state index contributed by atoms with van der Waals surface area (Å²) in [4.78, 5) is 13.8. The second kappa shape index (κ2) is 9.60. The molecule has 0 bridgehead atoms. The van der Waals surface area contributed by atoms with Gasteiger partial charge in [0.1, 0.15) is 0 Å². The molecule has 0 fully saturated rings. The standard InChI is InChI=1S/C20H22N4.2ClH/c1(3-13-19-21-15-9-5-6-10-16(15)22-19)2-4-14-20-23-17-11-7-8-12-18(17)24-20;;/h5-12H,1-4,13-14H2,(H,21,22)(H,23,24);2*1H. The third-order valence-electron chi connectivity index (χ3n) is 4.60. The molecule has 0 aliphatic heterocycles. The van der Waals surface area contributed by atoms with Crippen LogP contribution in [0.4, 0.5) is 0 Å². The summed E-state index contributed by atoms with van der Waals surface area (Å²) >= 11 is 0. The molecule has 0 atom stereocenters. The Morgan fingerprint density at radius 1 is 0.577 bits per heavy atom. The van der Waals surface area contributed by atoms with Gasteiger partial charge in [0, 0.05) is 12.8 Å². The van der Waals surface area contributed by atoms with E-state index in [0.29, 0.717) is 0 Å². The highest BCUT2D eigenvalue weighted by molar-refractivity contribution is 5.71. The van der Waals surface area contributed by atoms with Gasteiger partial charge in [0.25, 0.3) is 11.6 Å². The van der Waals surface area contributed by atoms with Crippen molar-refractivity contribution in [3.63, 3.8) is 0 Å². The molecule has 2 aromatic heterocycles. The number of hydrogen-bond acceptors (Lipinski definition) is 0. The first-order valence-corrected chi connectivity index (χ1v) is 8.86. The van der Waals surface area contributed by atoms with Crippen LogP contribution in [0, 0.1) is 0 Å². The number of fused-ring (bicyclic) bond motifs is 2. The summed E-state index contributed by atoms with van der Waals surface area (Å²) in [5.41, 5.74) is 4.78. The molecule has 4 N–H and O–H groups in total. The third kappa shape index (κ3) is 4.77. The zero-order valence-corrected chi connectivity index (χ0v) is 16.1. The maximum atomic E-state index is 3.46. The first kappa shape index (κ1) is 20.3. The number of para-hydroxylation sites is 4. The van der Waals surface area contributed by atoms with Gasteiger partial charge in [-0.15, -0.1) is 0 Å². The van der Waals surface area contributed by atoms with Crippen molar-refractivity contribution in [2.75, 3.05) is 0 Å². The van der Waals surface area contributed by atoms with Crippen LogP contribution < -0.4 is 34.8 Å². The highest BCUT2D eigenvalue weighted by atomic mass is 35.5. The minimum Gasteiger partial charge on any atom is -1.00 e. The average Bonchev–Trinajstić information content (AvgIpc) is 3.20. The molecule has 6 heteroatoms. The Morgan fingerprint density at radius 3 is 1.42 bits per heavy atom. The lowest BCUT2D eigenvalue weighted by atomic mass is 10.1. The fourth-order valence-electron chi connectivity index (χ4n) is 3.32. The first-order valence-electron chi connectivity index (χ1n) is 8.86. The number of imidazole rings is 2. The van der Waals surface area contributed by atoms with Crippen molar-refractivity contribution in [2.45, 2.75) is 38.5 Å². The minimum atomic E-state index is 0. The maximum Gasteiger partial charge on any atom is 0.252 e. The number of unbranched alkanes of at least 4 members (excludes halogenated alkanes) is 3. The fourth-order valence-corrected chi connectivity index (χ4v) is 3.32. The zero-order chi connectivity index (χ0) is 16.2. The molecule has 26 heavy (non-hydrogen) atoms. The quantitative estimate of drug-likeness (QED) is 0.331. The Hall–Kier alpha value is -2.04. The Bertz CT molecular complexity index is 801. The Kier molecular flexibility index (Phi) is 7.49. The normalized spacial score (nSPS) is 10.6. The third-order valence-corrected chi connectivity index (χ3v) is 4.60. The minimum absolute atomic E-state index is 0. The van der Waals surface area contributed by atoms with Crippen molar-refractivity contribution < 1.29 is 34.8 Å². The van der Waals surface area contributed by atoms with E-state index in [1.54, 1.807) is 0 Å². The molecule has 0 saturated heterocycles. The van der Waals surface area contributed by atoms with Crippen LogP contribution >= 0.6 is 0 Å². The molecular formula is C20H24Cl2N4. The van der Waals surface area contributed by atoms with E-state index in [2.05, 4.69) is 68.5 Å². The van der Waals surface area contributed by atoms with Crippen LogP contribution in [-0.2, 0) is 12.8 Å². The van der Waals surface area contributed by atoms with Crippen LogP contribution in [0.5, 0.6) is 0 Å². The first-order chi connectivity index (χ1) is 11.9. The van der Waals surface area contributed by atoms with E-state index in [-0.39, 0.29) is 24.8 Å².